The summed E-state index contributed by atoms with van der Waals surface area (Å²) in [5, 5.41) is -1.05. The molecular formula is C11H8ClF3O3. The van der Waals surface area contributed by atoms with Crippen molar-refractivity contribution in [1.29, 1.82) is 0 Å². The van der Waals surface area contributed by atoms with Gasteiger partial charge in [0.25, 0.3) is 0 Å². The number of carbonyl (C=O) groups excluding carboxylic acids is 2. The van der Waals surface area contributed by atoms with Gasteiger partial charge >= 0.3 is 5.97 Å². The van der Waals surface area contributed by atoms with Crippen molar-refractivity contribution in [2.45, 2.75) is 13.3 Å². The number of hydrogen-bond acceptors (Lipinski definition) is 3. The van der Waals surface area contributed by atoms with Crippen LogP contribution in [0.4, 0.5) is 13.2 Å². The van der Waals surface area contributed by atoms with Crippen LogP contribution in [0.2, 0.25) is 5.02 Å². The second-order valence-electron chi connectivity index (χ2n) is 3.28. The predicted octanol–water partition coefficient (Wildman–Crippen LogP) is 2.43. The molecule has 0 aliphatic rings. The topological polar surface area (TPSA) is 43.4 Å². The number of esters is 1. The third kappa shape index (κ3) is 3.01. The number of ether oxygens (including phenoxy) is 1. The van der Waals surface area contributed by atoms with Gasteiger partial charge < -0.3 is 4.74 Å². The molecule has 0 aromatic heterocycles. The Hall–Kier alpha value is -1.56. The van der Waals surface area contributed by atoms with Gasteiger partial charge in [-0.25, -0.2) is 18.0 Å². The highest BCUT2D eigenvalue weighted by atomic mass is 35.5. The zero-order valence-electron chi connectivity index (χ0n) is 9.23. The first kappa shape index (κ1) is 14.5. The van der Waals surface area contributed by atoms with E-state index in [9.17, 15) is 22.8 Å². The van der Waals surface area contributed by atoms with Crippen LogP contribution in [-0.4, -0.2) is 18.4 Å². The number of hydrogen-bond donors (Lipinski definition) is 0. The first-order chi connectivity index (χ1) is 8.38. The van der Waals surface area contributed by atoms with Crippen molar-refractivity contribution in [3.8, 4) is 0 Å². The molecule has 18 heavy (non-hydrogen) atoms. The van der Waals surface area contributed by atoms with Gasteiger partial charge in [0, 0.05) is 12.0 Å². The molecule has 3 nitrogen and oxygen atoms in total. The Kier molecular flexibility index (Phi) is 4.72. The van der Waals surface area contributed by atoms with Crippen molar-refractivity contribution in [2.75, 3.05) is 6.61 Å². The molecule has 1 rings (SSSR count). The van der Waals surface area contributed by atoms with Gasteiger partial charge in [-0.15, -0.1) is 0 Å². The third-order valence-corrected chi connectivity index (χ3v) is 2.36. The fraction of sp³-hybridized carbons (Fsp3) is 0.273. The molecule has 7 heteroatoms. The molecule has 1 aromatic carbocycles. The van der Waals surface area contributed by atoms with E-state index in [-0.39, 0.29) is 6.61 Å². The minimum Gasteiger partial charge on any atom is -0.460 e. The molecular weight excluding hydrogens is 273 g/mol. The second kappa shape index (κ2) is 5.86. The summed E-state index contributed by atoms with van der Waals surface area (Å²) in [4.78, 5) is 22.3. The summed E-state index contributed by atoms with van der Waals surface area (Å²) < 4.78 is 43.6. The van der Waals surface area contributed by atoms with Crippen molar-refractivity contribution in [1.82, 2.24) is 0 Å². The minimum absolute atomic E-state index is 0.0222. The standard InChI is InChI=1S/C11H8ClF3O3/c1-2-18-11(17)7(16)4-5-3-6(13)10(15)8(12)9(5)14/h3H,2,4H2,1H3. The van der Waals surface area contributed by atoms with E-state index >= 15 is 0 Å². The molecule has 0 bridgehead atoms. The van der Waals surface area contributed by atoms with Gasteiger partial charge in [0.15, 0.2) is 11.6 Å². The second-order valence-corrected chi connectivity index (χ2v) is 3.66. The van der Waals surface area contributed by atoms with E-state index in [1.54, 1.807) is 0 Å². The van der Waals surface area contributed by atoms with E-state index in [0.717, 1.165) is 0 Å². The van der Waals surface area contributed by atoms with Gasteiger partial charge in [0.05, 0.1) is 6.61 Å². The molecule has 98 valence electrons. The van der Waals surface area contributed by atoms with Crippen LogP contribution < -0.4 is 0 Å². The minimum atomic E-state index is -1.54. The van der Waals surface area contributed by atoms with Crippen LogP contribution in [0.15, 0.2) is 6.07 Å². The fourth-order valence-corrected chi connectivity index (χ4v) is 1.42. The number of ketones is 1. The summed E-state index contributed by atoms with van der Waals surface area (Å²) in [6.07, 6.45) is -0.748. The van der Waals surface area contributed by atoms with Crippen molar-refractivity contribution in [2.24, 2.45) is 0 Å². The molecule has 0 fully saturated rings. The lowest BCUT2D eigenvalue weighted by molar-refractivity contribution is -0.153. The smallest absolute Gasteiger partial charge is 0.374 e. The van der Waals surface area contributed by atoms with Gasteiger partial charge in [0.1, 0.15) is 10.8 Å². The van der Waals surface area contributed by atoms with E-state index in [4.69, 9.17) is 11.6 Å². The van der Waals surface area contributed by atoms with E-state index in [1.165, 1.54) is 6.92 Å². The Balaban J connectivity index is 2.99. The first-order valence-corrected chi connectivity index (χ1v) is 5.28. The van der Waals surface area contributed by atoms with Crippen LogP contribution in [0.5, 0.6) is 0 Å². The molecule has 0 aliphatic carbocycles. The summed E-state index contributed by atoms with van der Waals surface area (Å²) in [5.41, 5.74) is -0.503. The van der Waals surface area contributed by atoms with Crippen LogP contribution in [0.1, 0.15) is 12.5 Å². The molecule has 0 saturated carbocycles. The fourth-order valence-electron chi connectivity index (χ4n) is 1.21. The maximum atomic E-state index is 13.4. The van der Waals surface area contributed by atoms with Gasteiger partial charge in [-0.05, 0) is 13.0 Å². The van der Waals surface area contributed by atoms with E-state index in [0.29, 0.717) is 6.07 Å². The van der Waals surface area contributed by atoms with E-state index in [1.807, 2.05) is 0 Å². The van der Waals surface area contributed by atoms with Gasteiger partial charge in [-0.1, -0.05) is 11.6 Å². The lowest BCUT2D eigenvalue weighted by Crippen LogP contribution is -2.20. The number of rotatable bonds is 4. The van der Waals surface area contributed by atoms with Crippen molar-refractivity contribution in [3.63, 3.8) is 0 Å². The summed E-state index contributed by atoms with van der Waals surface area (Å²) >= 11 is 5.19. The van der Waals surface area contributed by atoms with Gasteiger partial charge in [-0.2, -0.15) is 0 Å². The Morgan fingerprint density at radius 2 is 1.89 bits per heavy atom. The molecule has 0 unspecified atom stereocenters. The Bertz CT molecular complexity index is 503. The summed E-state index contributed by atoms with van der Waals surface area (Å²) in [7, 11) is 0. The number of carbonyl (C=O) groups is 2. The third-order valence-electron chi connectivity index (χ3n) is 2.03. The number of Topliss-reactive ketones (excluding diaryl/α,β-unsaturated/α-hetero) is 1. The maximum absolute atomic E-state index is 13.4. The molecule has 0 heterocycles. The largest absolute Gasteiger partial charge is 0.460 e. The van der Waals surface area contributed by atoms with Crippen LogP contribution in [0.25, 0.3) is 0 Å². The van der Waals surface area contributed by atoms with E-state index < -0.39 is 46.2 Å². The first-order valence-electron chi connectivity index (χ1n) is 4.90. The quantitative estimate of drug-likeness (QED) is 0.368. The van der Waals surface area contributed by atoms with E-state index in [2.05, 4.69) is 4.74 Å². The number of halogens is 4. The summed E-state index contributed by atoms with van der Waals surface area (Å²) in [6, 6.07) is 0.480. The average molecular weight is 281 g/mol. The molecule has 0 spiro atoms. The molecule has 0 radical (unpaired) electrons. The maximum Gasteiger partial charge on any atom is 0.374 e. The highest BCUT2D eigenvalue weighted by Crippen LogP contribution is 2.25. The van der Waals surface area contributed by atoms with Gasteiger partial charge in [0.2, 0.25) is 5.78 Å². The molecule has 0 amide bonds. The van der Waals surface area contributed by atoms with Crippen LogP contribution >= 0.6 is 11.6 Å². The Morgan fingerprint density at radius 3 is 2.44 bits per heavy atom. The lowest BCUT2D eigenvalue weighted by atomic mass is 10.1. The zero-order valence-corrected chi connectivity index (χ0v) is 9.98. The monoisotopic (exact) mass is 280 g/mol. The highest BCUT2D eigenvalue weighted by Gasteiger charge is 2.22. The highest BCUT2D eigenvalue weighted by molar-refractivity contribution is 6.34. The normalized spacial score (nSPS) is 10.3. The zero-order chi connectivity index (χ0) is 13.9. The predicted molar refractivity (Wildman–Crippen MR) is 56.7 cm³/mol. The molecule has 0 saturated heterocycles. The Labute approximate surface area is 105 Å². The average Bonchev–Trinajstić information content (AvgIpc) is 2.33. The van der Waals surface area contributed by atoms with Crippen molar-refractivity contribution >= 4 is 23.4 Å². The molecule has 0 atom stereocenters. The lowest BCUT2D eigenvalue weighted by Gasteiger charge is -2.05. The van der Waals surface area contributed by atoms with Crippen LogP contribution in [-0.2, 0) is 20.7 Å². The SMILES string of the molecule is CCOC(=O)C(=O)Cc1cc(F)c(F)c(Cl)c1F. The number of benzene rings is 1. The molecule has 0 aliphatic heterocycles. The summed E-state index contributed by atoms with van der Waals surface area (Å²) in [5.74, 6) is -6.45. The van der Waals surface area contributed by atoms with Crippen molar-refractivity contribution < 1.29 is 27.5 Å². The summed E-state index contributed by atoms with van der Waals surface area (Å²) in [6.45, 7) is 1.46. The van der Waals surface area contributed by atoms with Crippen molar-refractivity contribution in [3.05, 3.63) is 34.1 Å². The Morgan fingerprint density at radius 1 is 1.28 bits per heavy atom. The molecule has 0 N–H and O–H groups in total. The molecule has 1 aromatic rings. The van der Waals surface area contributed by atoms with Gasteiger partial charge in [-0.3, -0.25) is 4.79 Å². The van der Waals surface area contributed by atoms with Crippen LogP contribution in [0.3, 0.4) is 0 Å². The van der Waals surface area contributed by atoms with Crippen LogP contribution in [0, 0.1) is 17.5 Å².